The summed E-state index contributed by atoms with van der Waals surface area (Å²) in [6.07, 6.45) is 0.234. The first-order valence-corrected chi connectivity index (χ1v) is 9.62. The highest BCUT2D eigenvalue weighted by Crippen LogP contribution is 2.41. The van der Waals surface area contributed by atoms with E-state index in [9.17, 15) is 14.9 Å². The molecule has 0 amide bonds. The van der Waals surface area contributed by atoms with E-state index in [1.807, 2.05) is 30.3 Å². The molecule has 0 saturated carbocycles. The smallest absolute Gasteiger partial charge is 0.336 e. The van der Waals surface area contributed by atoms with Crippen molar-refractivity contribution >= 4 is 28.7 Å². The lowest BCUT2D eigenvalue weighted by Gasteiger charge is -2.29. The predicted octanol–water partition coefficient (Wildman–Crippen LogP) is 3.46. The summed E-state index contributed by atoms with van der Waals surface area (Å²) in [5, 5.41) is 10.4. The van der Waals surface area contributed by atoms with E-state index >= 15 is 0 Å². The van der Waals surface area contributed by atoms with Gasteiger partial charge in [-0.15, -0.1) is 11.8 Å². The van der Waals surface area contributed by atoms with Crippen LogP contribution in [0, 0.1) is 17.2 Å². The summed E-state index contributed by atoms with van der Waals surface area (Å²) in [4.78, 5) is 28.4. The number of carbonyl (C=O) groups excluding carboxylic acids is 2. The lowest BCUT2D eigenvalue weighted by Crippen LogP contribution is -2.29. The van der Waals surface area contributed by atoms with E-state index in [4.69, 9.17) is 9.47 Å². The van der Waals surface area contributed by atoms with Gasteiger partial charge in [0.05, 0.1) is 36.8 Å². The lowest BCUT2D eigenvalue weighted by atomic mass is 9.79. The average Bonchev–Trinajstić information content (AvgIpc) is 2.67. The number of esters is 2. The van der Waals surface area contributed by atoms with E-state index in [-0.39, 0.29) is 12.4 Å². The fraction of sp³-hybridized carbons (Fsp3) is 0.400. The quantitative estimate of drug-likeness (QED) is 0.696. The second-order valence-corrected chi connectivity index (χ2v) is 6.95. The Kier molecular flexibility index (Phi) is 7.62. The molecule has 0 spiro atoms. The Bertz CT molecular complexity index is 796. The van der Waals surface area contributed by atoms with Gasteiger partial charge in [0.15, 0.2) is 0 Å². The van der Waals surface area contributed by atoms with E-state index in [1.165, 1.54) is 18.9 Å². The van der Waals surface area contributed by atoms with Crippen LogP contribution in [0.15, 0.2) is 46.6 Å². The Morgan fingerprint density at radius 3 is 2.59 bits per heavy atom. The molecule has 0 aromatic heterocycles. The van der Waals surface area contributed by atoms with Gasteiger partial charge in [-0.1, -0.05) is 30.3 Å². The van der Waals surface area contributed by atoms with Gasteiger partial charge >= 0.3 is 11.9 Å². The number of rotatable bonds is 6. The first kappa shape index (κ1) is 20.7. The molecule has 7 heteroatoms. The molecular formula is C20H22N2O4S. The summed E-state index contributed by atoms with van der Waals surface area (Å²) in [6.45, 7) is 3.84. The Morgan fingerprint density at radius 1 is 1.30 bits per heavy atom. The number of allylic oxidation sites excluding steroid dienone is 1. The van der Waals surface area contributed by atoms with Crippen molar-refractivity contribution in [1.82, 2.24) is 0 Å². The number of benzene rings is 1. The van der Waals surface area contributed by atoms with Crippen LogP contribution in [0.4, 0.5) is 0 Å². The van der Waals surface area contributed by atoms with Crippen molar-refractivity contribution in [1.29, 1.82) is 5.26 Å². The molecule has 1 aromatic carbocycles. The Morgan fingerprint density at radius 2 is 2.00 bits per heavy atom. The van der Waals surface area contributed by atoms with Crippen molar-refractivity contribution < 1.29 is 19.1 Å². The number of ether oxygens (including phenoxy) is 2. The summed E-state index contributed by atoms with van der Waals surface area (Å²) < 4.78 is 9.87. The number of nitrogens with zero attached hydrogens (tertiary/aromatic N) is 2. The van der Waals surface area contributed by atoms with Gasteiger partial charge in [0.25, 0.3) is 0 Å². The first-order chi connectivity index (χ1) is 13.0. The van der Waals surface area contributed by atoms with Crippen molar-refractivity contribution in [3.63, 3.8) is 0 Å². The van der Waals surface area contributed by atoms with Crippen molar-refractivity contribution in [2.24, 2.45) is 10.9 Å². The minimum atomic E-state index is -0.627. The molecule has 0 radical (unpaired) electrons. The Hall–Kier alpha value is -2.59. The van der Waals surface area contributed by atoms with Crippen LogP contribution in [0.25, 0.3) is 0 Å². The zero-order chi connectivity index (χ0) is 19.8. The molecule has 1 heterocycles. The van der Waals surface area contributed by atoms with Gasteiger partial charge < -0.3 is 9.47 Å². The maximum absolute atomic E-state index is 12.4. The average molecular weight is 386 g/mol. The third-order valence-corrected chi connectivity index (χ3v) is 5.19. The maximum atomic E-state index is 12.4. The normalized spacial score (nSPS) is 19.1. The molecule has 2 atom stereocenters. The number of nitriles is 1. The van der Waals surface area contributed by atoms with Crippen LogP contribution in [0.1, 0.15) is 31.7 Å². The van der Waals surface area contributed by atoms with Crippen molar-refractivity contribution in [3.8, 4) is 6.07 Å². The fourth-order valence-electron chi connectivity index (χ4n) is 2.96. The third kappa shape index (κ3) is 4.98. The number of aliphatic imine (C=N–C) groups is 1. The highest BCUT2D eigenvalue weighted by atomic mass is 32.2. The molecule has 1 unspecified atom stereocenters. The van der Waals surface area contributed by atoms with Crippen LogP contribution < -0.4 is 0 Å². The molecule has 2 rings (SSSR count). The molecule has 0 bridgehead atoms. The van der Waals surface area contributed by atoms with Crippen molar-refractivity contribution in [2.45, 2.75) is 26.2 Å². The molecule has 0 fully saturated rings. The van der Waals surface area contributed by atoms with Crippen molar-refractivity contribution in [2.75, 3.05) is 19.5 Å². The number of methoxy groups -OCH3 is 1. The van der Waals surface area contributed by atoms with Crippen molar-refractivity contribution in [3.05, 3.63) is 47.2 Å². The molecule has 142 valence electrons. The molecule has 0 saturated heterocycles. The molecule has 0 N–H and O–H groups in total. The highest BCUT2D eigenvalue weighted by molar-refractivity contribution is 8.14. The van der Waals surface area contributed by atoms with E-state index in [0.29, 0.717) is 28.7 Å². The zero-order valence-corrected chi connectivity index (χ0v) is 16.4. The number of thioether (sulfide) groups is 1. The SMILES string of the molecule is CCOC(=O)CCSC1=NC(C)=C(C(=O)OC)[C@H](c2ccccc2)C1C#N. The molecule has 27 heavy (non-hydrogen) atoms. The third-order valence-electron chi connectivity index (χ3n) is 4.14. The van der Waals surface area contributed by atoms with Crippen LogP contribution in [0.3, 0.4) is 0 Å². The Balaban J connectivity index is 2.35. The number of carbonyl (C=O) groups is 2. The largest absolute Gasteiger partial charge is 0.466 e. The van der Waals surface area contributed by atoms with Gasteiger partial charge in [-0.2, -0.15) is 5.26 Å². The summed E-state index contributed by atoms with van der Waals surface area (Å²) in [7, 11) is 1.32. The van der Waals surface area contributed by atoms with Gasteiger partial charge in [-0.05, 0) is 19.4 Å². The molecule has 1 aliphatic heterocycles. The van der Waals surface area contributed by atoms with E-state index in [2.05, 4.69) is 11.1 Å². The monoisotopic (exact) mass is 386 g/mol. The molecule has 6 nitrogen and oxygen atoms in total. The zero-order valence-electron chi connectivity index (χ0n) is 15.6. The number of hydrogen-bond donors (Lipinski definition) is 0. The van der Waals surface area contributed by atoms with Gasteiger partial charge in [0.1, 0.15) is 5.92 Å². The van der Waals surface area contributed by atoms with E-state index < -0.39 is 17.8 Å². The van der Waals surface area contributed by atoms with Gasteiger partial charge in [0, 0.05) is 17.4 Å². The Labute approximate surface area is 163 Å². The van der Waals surface area contributed by atoms with E-state index in [1.54, 1.807) is 13.8 Å². The summed E-state index contributed by atoms with van der Waals surface area (Å²) in [6, 6.07) is 11.7. The minimum absolute atomic E-state index is 0.234. The first-order valence-electron chi connectivity index (χ1n) is 8.64. The maximum Gasteiger partial charge on any atom is 0.336 e. The fourth-order valence-corrected chi connectivity index (χ4v) is 4.01. The summed E-state index contributed by atoms with van der Waals surface area (Å²) in [5.41, 5.74) is 1.77. The van der Waals surface area contributed by atoms with Gasteiger partial charge in [0.2, 0.25) is 0 Å². The molecule has 1 aliphatic rings. The van der Waals surface area contributed by atoms with Gasteiger partial charge in [-0.3, -0.25) is 4.79 Å². The topological polar surface area (TPSA) is 88.8 Å². The summed E-state index contributed by atoms with van der Waals surface area (Å²) in [5.74, 6) is -1.40. The van der Waals surface area contributed by atoms with Crippen LogP contribution >= 0.6 is 11.8 Å². The summed E-state index contributed by atoms with van der Waals surface area (Å²) >= 11 is 1.35. The molecular weight excluding hydrogens is 364 g/mol. The second-order valence-electron chi connectivity index (χ2n) is 5.84. The highest BCUT2D eigenvalue weighted by Gasteiger charge is 2.39. The van der Waals surface area contributed by atoms with Crippen LogP contribution in [-0.4, -0.2) is 36.5 Å². The minimum Gasteiger partial charge on any atom is -0.466 e. The van der Waals surface area contributed by atoms with Gasteiger partial charge in [-0.25, -0.2) is 9.79 Å². The predicted molar refractivity (Wildman–Crippen MR) is 104 cm³/mol. The number of hydrogen-bond acceptors (Lipinski definition) is 7. The van der Waals surface area contributed by atoms with E-state index in [0.717, 1.165) is 5.56 Å². The van der Waals surface area contributed by atoms with Crippen LogP contribution in [0.5, 0.6) is 0 Å². The standard InChI is InChI=1S/C20H22N2O4S/c1-4-26-16(23)10-11-27-19-15(12-21)18(14-8-6-5-7-9-14)17(13(2)22-19)20(24)25-3/h5-9,15,18H,4,10-11H2,1-3H3/t15?,18-/m1/s1. The molecule has 0 aliphatic carbocycles. The lowest BCUT2D eigenvalue weighted by molar-refractivity contribution is -0.142. The van der Waals surface area contributed by atoms with Crippen LogP contribution in [0.2, 0.25) is 0 Å². The molecule has 1 aromatic rings. The van der Waals surface area contributed by atoms with Crippen LogP contribution in [-0.2, 0) is 19.1 Å². The second kappa shape index (κ2) is 9.93.